The van der Waals surface area contributed by atoms with Crippen molar-refractivity contribution in [2.24, 2.45) is 5.10 Å². The fourth-order valence-corrected chi connectivity index (χ4v) is 3.83. The van der Waals surface area contributed by atoms with Crippen LogP contribution in [0.5, 0.6) is 5.75 Å². The molecule has 1 aromatic heterocycles. The Morgan fingerprint density at radius 3 is 2.74 bits per heavy atom. The van der Waals surface area contributed by atoms with Crippen molar-refractivity contribution >= 4 is 54.5 Å². The molecule has 3 aromatic rings. The molecule has 7 heteroatoms. The summed E-state index contributed by atoms with van der Waals surface area (Å²) in [6, 6.07) is 13.5. The van der Waals surface area contributed by atoms with Crippen molar-refractivity contribution in [2.75, 3.05) is 5.43 Å². The topological polar surface area (TPSA) is 57.5 Å². The lowest BCUT2D eigenvalue weighted by Gasteiger charge is -2.02. The predicted octanol–water partition coefficient (Wildman–Crippen LogP) is 5.49. The third-order valence-electron chi connectivity index (χ3n) is 3.00. The van der Waals surface area contributed by atoms with Crippen LogP contribution >= 0.6 is 43.2 Å². The highest BCUT2D eigenvalue weighted by atomic mass is 79.9. The number of hydrogen-bond acceptors (Lipinski definition) is 5. The monoisotopic (exact) mass is 451 g/mol. The molecule has 116 valence electrons. The summed E-state index contributed by atoms with van der Waals surface area (Å²) < 4.78 is 1.46. The SMILES string of the molecule is Oc1c(Br)cc(Br)cc1C=NNc1nc(-c2ccccc2)cs1. The maximum Gasteiger partial charge on any atom is 0.203 e. The molecule has 23 heavy (non-hydrogen) atoms. The van der Waals surface area contributed by atoms with Crippen molar-refractivity contribution in [1.29, 1.82) is 0 Å². The summed E-state index contributed by atoms with van der Waals surface area (Å²) >= 11 is 8.14. The molecule has 1 heterocycles. The minimum absolute atomic E-state index is 0.142. The highest BCUT2D eigenvalue weighted by Gasteiger charge is 2.06. The number of aromatic nitrogens is 1. The van der Waals surface area contributed by atoms with E-state index < -0.39 is 0 Å². The second-order valence-corrected chi connectivity index (χ2v) is 7.23. The molecule has 0 saturated heterocycles. The molecule has 0 aliphatic carbocycles. The number of nitrogens with one attached hydrogen (secondary N) is 1. The number of nitrogens with zero attached hydrogens (tertiary/aromatic N) is 2. The second kappa shape index (κ2) is 7.25. The molecule has 0 atom stereocenters. The fraction of sp³-hybridized carbons (Fsp3) is 0. The van der Waals surface area contributed by atoms with Crippen LogP contribution in [-0.2, 0) is 0 Å². The summed E-state index contributed by atoms with van der Waals surface area (Å²) in [5, 5.41) is 16.8. The Morgan fingerprint density at radius 2 is 1.96 bits per heavy atom. The van der Waals surface area contributed by atoms with Gasteiger partial charge in [-0.15, -0.1) is 11.3 Å². The molecule has 0 spiro atoms. The molecule has 4 nitrogen and oxygen atoms in total. The van der Waals surface area contributed by atoms with Crippen molar-refractivity contribution < 1.29 is 5.11 Å². The van der Waals surface area contributed by atoms with Gasteiger partial charge in [0.15, 0.2) is 0 Å². The Balaban J connectivity index is 1.73. The number of thiazole rings is 1. The van der Waals surface area contributed by atoms with Gasteiger partial charge in [-0.2, -0.15) is 5.10 Å². The van der Waals surface area contributed by atoms with E-state index in [2.05, 4.69) is 47.4 Å². The zero-order chi connectivity index (χ0) is 16.2. The molecule has 0 unspecified atom stereocenters. The molecule has 0 radical (unpaired) electrons. The lowest BCUT2D eigenvalue weighted by Crippen LogP contribution is -1.91. The van der Waals surface area contributed by atoms with Gasteiger partial charge in [0.25, 0.3) is 0 Å². The zero-order valence-electron chi connectivity index (χ0n) is 11.7. The summed E-state index contributed by atoms with van der Waals surface area (Å²) in [7, 11) is 0. The van der Waals surface area contributed by atoms with E-state index in [0.29, 0.717) is 15.2 Å². The van der Waals surface area contributed by atoms with E-state index >= 15 is 0 Å². The van der Waals surface area contributed by atoms with Crippen LogP contribution < -0.4 is 5.43 Å². The lowest BCUT2D eigenvalue weighted by molar-refractivity contribution is 0.471. The Morgan fingerprint density at radius 1 is 1.17 bits per heavy atom. The third-order valence-corrected chi connectivity index (χ3v) is 4.80. The molecule has 0 amide bonds. The molecule has 0 aliphatic rings. The van der Waals surface area contributed by atoms with Crippen LogP contribution in [0.15, 0.2) is 61.9 Å². The Labute approximate surface area is 154 Å². The van der Waals surface area contributed by atoms with Crippen LogP contribution in [0.3, 0.4) is 0 Å². The minimum Gasteiger partial charge on any atom is -0.506 e. The Bertz CT molecular complexity index is 850. The average molecular weight is 453 g/mol. The van der Waals surface area contributed by atoms with Crippen LogP contribution in [-0.4, -0.2) is 16.3 Å². The van der Waals surface area contributed by atoms with E-state index in [4.69, 9.17) is 0 Å². The van der Waals surface area contributed by atoms with Crippen molar-refractivity contribution in [3.63, 3.8) is 0 Å². The average Bonchev–Trinajstić information content (AvgIpc) is 3.02. The number of hydrazone groups is 1. The Hall–Kier alpha value is -1.70. The van der Waals surface area contributed by atoms with Crippen molar-refractivity contribution in [3.05, 3.63) is 62.4 Å². The van der Waals surface area contributed by atoms with Crippen LogP contribution in [0.2, 0.25) is 0 Å². The molecule has 2 aromatic carbocycles. The quantitative estimate of drug-likeness (QED) is 0.406. The molecule has 0 fully saturated rings. The lowest BCUT2D eigenvalue weighted by atomic mass is 10.2. The minimum atomic E-state index is 0.142. The molecule has 0 aliphatic heterocycles. The van der Waals surface area contributed by atoms with Gasteiger partial charge < -0.3 is 5.11 Å². The van der Waals surface area contributed by atoms with Gasteiger partial charge in [0.05, 0.1) is 16.4 Å². The number of phenolic OH excluding ortho intramolecular Hbond substituents is 1. The number of anilines is 1. The van der Waals surface area contributed by atoms with Crippen LogP contribution in [0.4, 0.5) is 5.13 Å². The molecular weight excluding hydrogens is 442 g/mol. The van der Waals surface area contributed by atoms with E-state index in [1.807, 2.05) is 35.7 Å². The summed E-state index contributed by atoms with van der Waals surface area (Å²) in [5.74, 6) is 0.142. The smallest absolute Gasteiger partial charge is 0.203 e. The Kier molecular flexibility index (Phi) is 5.09. The summed E-state index contributed by atoms with van der Waals surface area (Å²) in [6.07, 6.45) is 1.55. The first-order valence-corrected chi connectivity index (χ1v) is 9.08. The van der Waals surface area contributed by atoms with E-state index in [-0.39, 0.29) is 5.75 Å². The van der Waals surface area contributed by atoms with Gasteiger partial charge in [0.1, 0.15) is 5.75 Å². The number of phenols is 1. The molecular formula is C16H11Br2N3OS. The van der Waals surface area contributed by atoms with Gasteiger partial charge in [-0.05, 0) is 28.1 Å². The summed E-state index contributed by atoms with van der Waals surface area (Å²) in [4.78, 5) is 4.48. The highest BCUT2D eigenvalue weighted by molar-refractivity contribution is 9.11. The van der Waals surface area contributed by atoms with Gasteiger partial charge in [-0.3, -0.25) is 5.43 Å². The maximum atomic E-state index is 9.97. The number of hydrogen-bond donors (Lipinski definition) is 2. The summed E-state index contributed by atoms with van der Waals surface area (Å²) in [5.41, 5.74) is 5.45. The second-order valence-electron chi connectivity index (χ2n) is 4.60. The van der Waals surface area contributed by atoms with Gasteiger partial charge in [-0.25, -0.2) is 4.98 Å². The third kappa shape index (κ3) is 3.99. The maximum absolute atomic E-state index is 9.97. The fourth-order valence-electron chi connectivity index (χ4n) is 1.91. The molecule has 0 bridgehead atoms. The number of aromatic hydroxyl groups is 1. The van der Waals surface area contributed by atoms with Crippen molar-refractivity contribution in [2.45, 2.75) is 0 Å². The molecule has 2 N–H and O–H groups in total. The number of halogens is 2. The van der Waals surface area contributed by atoms with Crippen molar-refractivity contribution in [3.8, 4) is 17.0 Å². The van der Waals surface area contributed by atoms with Gasteiger partial charge in [0, 0.05) is 21.0 Å². The van der Waals surface area contributed by atoms with E-state index in [9.17, 15) is 5.11 Å². The van der Waals surface area contributed by atoms with Crippen LogP contribution in [0.25, 0.3) is 11.3 Å². The number of benzene rings is 2. The van der Waals surface area contributed by atoms with E-state index in [0.717, 1.165) is 15.7 Å². The van der Waals surface area contributed by atoms with Crippen LogP contribution in [0, 0.1) is 0 Å². The first kappa shape index (κ1) is 16.2. The van der Waals surface area contributed by atoms with Crippen molar-refractivity contribution in [1.82, 2.24) is 4.98 Å². The highest BCUT2D eigenvalue weighted by Crippen LogP contribution is 2.30. The van der Waals surface area contributed by atoms with Gasteiger partial charge in [0.2, 0.25) is 5.13 Å². The standard InChI is InChI=1S/C16H11Br2N3OS/c17-12-6-11(15(22)13(18)7-12)8-19-21-16-20-14(9-23-16)10-4-2-1-3-5-10/h1-9,22H,(H,20,21). The van der Waals surface area contributed by atoms with Gasteiger partial charge in [-0.1, -0.05) is 46.3 Å². The largest absolute Gasteiger partial charge is 0.506 e. The predicted molar refractivity (Wildman–Crippen MR) is 102 cm³/mol. The normalized spacial score (nSPS) is 11.0. The molecule has 3 rings (SSSR count). The molecule has 0 saturated carbocycles. The first-order valence-electron chi connectivity index (χ1n) is 6.61. The number of rotatable bonds is 4. The van der Waals surface area contributed by atoms with E-state index in [1.54, 1.807) is 18.3 Å². The summed E-state index contributed by atoms with van der Waals surface area (Å²) in [6.45, 7) is 0. The van der Waals surface area contributed by atoms with Crippen LogP contribution in [0.1, 0.15) is 5.56 Å². The van der Waals surface area contributed by atoms with Gasteiger partial charge >= 0.3 is 0 Å². The zero-order valence-corrected chi connectivity index (χ0v) is 15.7. The first-order chi connectivity index (χ1) is 11.1. The van der Waals surface area contributed by atoms with E-state index in [1.165, 1.54) is 11.3 Å².